The monoisotopic (exact) mass is 556 g/mol. The molecule has 0 radical (unpaired) electrons. The number of methoxy groups -OCH3 is 1. The van der Waals surface area contributed by atoms with Crippen LogP contribution in [-0.2, 0) is 10.8 Å². The molecule has 0 saturated heterocycles. The number of ketones is 1. The summed E-state index contributed by atoms with van der Waals surface area (Å²) < 4.78 is 18.6. The molecule has 2 aromatic rings. The van der Waals surface area contributed by atoms with Crippen molar-refractivity contribution in [3.63, 3.8) is 0 Å². The molecule has 0 aliphatic heterocycles. The molecule has 0 amide bonds. The van der Waals surface area contributed by atoms with Gasteiger partial charge < -0.3 is 13.6 Å². The fourth-order valence-electron chi connectivity index (χ4n) is 4.53. The normalized spacial score (nSPS) is 13.3. The number of ether oxygens (including phenoxy) is 1. The second-order valence-corrected chi connectivity index (χ2v) is 21.5. The summed E-state index contributed by atoms with van der Waals surface area (Å²) in [5.74, 6) is 1.93. The first-order valence-electron chi connectivity index (χ1n) is 14.5. The zero-order valence-electron chi connectivity index (χ0n) is 25.5. The quantitative estimate of drug-likeness (QED) is 0.153. The minimum absolute atomic E-state index is 0.180. The molecule has 1 unspecified atom stereocenters. The maximum Gasteiger partial charge on any atom is 0.250 e. The van der Waals surface area contributed by atoms with E-state index in [2.05, 4.69) is 78.9 Å². The molecule has 0 saturated carbocycles. The van der Waals surface area contributed by atoms with Crippen LogP contribution in [0.3, 0.4) is 0 Å². The molecule has 212 valence electrons. The number of benzene rings is 2. The number of carbonyl (C=O) groups is 1. The summed E-state index contributed by atoms with van der Waals surface area (Å²) in [6.45, 7) is 18.2. The third-order valence-electron chi connectivity index (χ3n) is 8.55. The van der Waals surface area contributed by atoms with Gasteiger partial charge in [-0.15, -0.1) is 0 Å². The highest BCUT2D eigenvalue weighted by Crippen LogP contribution is 2.37. The van der Waals surface area contributed by atoms with Crippen molar-refractivity contribution in [3.05, 3.63) is 59.7 Å². The van der Waals surface area contributed by atoms with Crippen LogP contribution in [0.1, 0.15) is 83.1 Å². The lowest BCUT2D eigenvalue weighted by molar-refractivity contribution is 0.0969. The van der Waals surface area contributed by atoms with Crippen molar-refractivity contribution in [2.45, 2.75) is 116 Å². The summed E-state index contributed by atoms with van der Waals surface area (Å²) in [6.07, 6.45) is 4.45. The Balaban J connectivity index is 2.02. The molecule has 0 aliphatic rings. The molecule has 0 aromatic heterocycles. The third kappa shape index (κ3) is 9.39. The average molecular weight is 557 g/mol. The fourth-order valence-corrected chi connectivity index (χ4v) is 8.50. The standard InChI is InChI=1S/C32H52O4Si2/c1-10-38(11-2,12-3)36-29(14-13-15-31(33)27-19-24-28(34-7)25-20-27)21-16-26-17-22-30(23-18-26)35-37(8,9)32(4,5)6/h17-20,22-25,29H,10-16,21H2,1-9H3. The van der Waals surface area contributed by atoms with Crippen LogP contribution in [0.15, 0.2) is 48.5 Å². The molecule has 0 heterocycles. The lowest BCUT2D eigenvalue weighted by Crippen LogP contribution is -2.43. The summed E-state index contributed by atoms with van der Waals surface area (Å²) in [5.41, 5.74) is 2.06. The molecule has 0 bridgehead atoms. The average Bonchev–Trinajstić information content (AvgIpc) is 2.90. The van der Waals surface area contributed by atoms with Crippen molar-refractivity contribution in [1.29, 1.82) is 0 Å². The first-order chi connectivity index (χ1) is 17.9. The SMILES string of the molecule is CC[Si](CC)(CC)OC(CCCC(=O)c1ccc(OC)cc1)CCc1ccc(O[Si](C)(C)C(C)(C)C)cc1. The van der Waals surface area contributed by atoms with Gasteiger partial charge in [0.05, 0.1) is 7.11 Å². The summed E-state index contributed by atoms with van der Waals surface area (Å²) in [4.78, 5) is 12.8. The predicted molar refractivity (Wildman–Crippen MR) is 166 cm³/mol. The van der Waals surface area contributed by atoms with E-state index in [-0.39, 0.29) is 16.9 Å². The molecule has 38 heavy (non-hydrogen) atoms. The van der Waals surface area contributed by atoms with E-state index >= 15 is 0 Å². The molecule has 2 rings (SSSR count). The molecule has 2 aromatic carbocycles. The lowest BCUT2D eigenvalue weighted by Gasteiger charge is -2.36. The Kier molecular flexibility index (Phi) is 12.3. The number of carbonyl (C=O) groups excluding carboxylic acids is 1. The van der Waals surface area contributed by atoms with Gasteiger partial charge in [-0.3, -0.25) is 4.79 Å². The number of hydrogen-bond acceptors (Lipinski definition) is 4. The predicted octanol–water partition coefficient (Wildman–Crippen LogP) is 9.46. The zero-order chi connectivity index (χ0) is 28.4. The Bertz CT molecular complexity index is 966. The summed E-state index contributed by atoms with van der Waals surface area (Å²) in [6, 6.07) is 19.5. The fraction of sp³-hybridized carbons (Fsp3) is 0.594. The van der Waals surface area contributed by atoms with Crippen LogP contribution in [0.2, 0.25) is 36.3 Å². The van der Waals surface area contributed by atoms with Crippen LogP contribution in [0, 0.1) is 0 Å². The van der Waals surface area contributed by atoms with Gasteiger partial charge >= 0.3 is 0 Å². The van der Waals surface area contributed by atoms with Gasteiger partial charge in [0.1, 0.15) is 11.5 Å². The maximum absolute atomic E-state index is 12.8. The van der Waals surface area contributed by atoms with Crippen molar-refractivity contribution in [2.24, 2.45) is 0 Å². The first kappa shape index (κ1) is 32.3. The van der Waals surface area contributed by atoms with Crippen molar-refractivity contribution in [1.82, 2.24) is 0 Å². The van der Waals surface area contributed by atoms with Gasteiger partial charge in [0.25, 0.3) is 0 Å². The molecular weight excluding hydrogens is 505 g/mol. The Morgan fingerprint density at radius 2 is 1.39 bits per heavy atom. The van der Waals surface area contributed by atoms with Crippen LogP contribution < -0.4 is 9.16 Å². The van der Waals surface area contributed by atoms with Crippen LogP contribution >= 0.6 is 0 Å². The van der Waals surface area contributed by atoms with E-state index in [0.717, 1.165) is 60.9 Å². The molecule has 0 spiro atoms. The Labute approximate surface area is 234 Å². The van der Waals surface area contributed by atoms with Gasteiger partial charge in [-0.1, -0.05) is 53.7 Å². The van der Waals surface area contributed by atoms with Crippen LogP contribution in [0.5, 0.6) is 11.5 Å². The summed E-state index contributed by atoms with van der Waals surface area (Å²) >= 11 is 0. The Morgan fingerprint density at radius 3 is 1.89 bits per heavy atom. The van der Waals surface area contributed by atoms with E-state index in [1.165, 1.54) is 5.56 Å². The largest absolute Gasteiger partial charge is 0.544 e. The first-order valence-corrected chi connectivity index (χ1v) is 20.0. The van der Waals surface area contributed by atoms with Crippen molar-refractivity contribution >= 4 is 22.4 Å². The number of Topliss-reactive ketones (excluding diaryl/α,β-unsaturated/α-hetero) is 1. The minimum Gasteiger partial charge on any atom is -0.544 e. The number of aryl methyl sites for hydroxylation is 1. The topological polar surface area (TPSA) is 44.8 Å². The van der Waals surface area contributed by atoms with Gasteiger partial charge in [-0.05, 0) is 104 Å². The molecule has 0 fully saturated rings. The zero-order valence-corrected chi connectivity index (χ0v) is 27.5. The second kappa shape index (κ2) is 14.5. The third-order valence-corrected chi connectivity index (χ3v) is 17.6. The molecule has 6 heteroatoms. The number of rotatable bonds is 16. The molecule has 0 N–H and O–H groups in total. The van der Waals surface area contributed by atoms with E-state index in [4.69, 9.17) is 13.6 Å². The second-order valence-electron chi connectivity index (χ2n) is 12.1. The van der Waals surface area contributed by atoms with Crippen molar-refractivity contribution in [2.75, 3.05) is 7.11 Å². The smallest absolute Gasteiger partial charge is 0.250 e. The minimum atomic E-state index is -1.84. The van der Waals surface area contributed by atoms with E-state index in [0.29, 0.717) is 6.42 Å². The van der Waals surface area contributed by atoms with E-state index in [9.17, 15) is 4.79 Å². The molecule has 1 atom stereocenters. The van der Waals surface area contributed by atoms with Crippen molar-refractivity contribution in [3.8, 4) is 11.5 Å². The Morgan fingerprint density at radius 1 is 0.842 bits per heavy atom. The number of hydrogen-bond donors (Lipinski definition) is 0. The molecular formula is C32H52O4Si2. The summed E-state index contributed by atoms with van der Waals surface area (Å²) in [5, 5.41) is 0.180. The van der Waals surface area contributed by atoms with Gasteiger partial charge in [-0.2, -0.15) is 0 Å². The highest BCUT2D eigenvalue weighted by Gasteiger charge is 2.39. The highest BCUT2D eigenvalue weighted by atomic mass is 28.4. The van der Waals surface area contributed by atoms with Crippen LogP contribution in [0.4, 0.5) is 0 Å². The maximum atomic E-state index is 12.8. The van der Waals surface area contributed by atoms with E-state index in [1.54, 1.807) is 7.11 Å². The van der Waals surface area contributed by atoms with Gasteiger partial charge in [0, 0.05) is 18.1 Å². The lowest BCUT2D eigenvalue weighted by atomic mass is 10.0. The summed E-state index contributed by atoms with van der Waals surface area (Å²) in [7, 11) is -1.94. The van der Waals surface area contributed by atoms with Crippen LogP contribution in [0.25, 0.3) is 0 Å². The van der Waals surface area contributed by atoms with Crippen LogP contribution in [-0.4, -0.2) is 35.6 Å². The molecule has 4 nitrogen and oxygen atoms in total. The van der Waals surface area contributed by atoms with Gasteiger partial charge in [0.15, 0.2) is 14.1 Å². The Hall–Kier alpha value is -1.90. The van der Waals surface area contributed by atoms with E-state index < -0.39 is 16.6 Å². The van der Waals surface area contributed by atoms with E-state index in [1.807, 2.05) is 24.3 Å². The highest BCUT2D eigenvalue weighted by molar-refractivity contribution is 6.74. The van der Waals surface area contributed by atoms with Gasteiger partial charge in [-0.25, -0.2) is 0 Å². The van der Waals surface area contributed by atoms with Crippen molar-refractivity contribution < 1.29 is 18.4 Å². The molecule has 0 aliphatic carbocycles. The van der Waals surface area contributed by atoms with Gasteiger partial charge in [0.2, 0.25) is 8.32 Å².